The zero-order valence-electron chi connectivity index (χ0n) is 15.4. The summed E-state index contributed by atoms with van der Waals surface area (Å²) in [5.41, 5.74) is 2.71. The summed E-state index contributed by atoms with van der Waals surface area (Å²) in [6.45, 7) is 4.02. The second kappa shape index (κ2) is 8.09. The van der Waals surface area contributed by atoms with Crippen molar-refractivity contribution in [3.63, 3.8) is 0 Å². The molecule has 5 heteroatoms. The molecule has 25 heavy (non-hydrogen) atoms. The molecule has 1 saturated carbocycles. The SMILES string of the molecule is CC1Cc2ccccc2N1CCNC(=O)N(C)C1CCC(CO)CC1. The lowest BCUT2D eigenvalue weighted by Gasteiger charge is -2.34. The first-order chi connectivity index (χ1) is 12.1. The predicted octanol–water partition coefficient (Wildman–Crippen LogP) is 2.63. The van der Waals surface area contributed by atoms with E-state index in [0.29, 0.717) is 24.5 Å². The van der Waals surface area contributed by atoms with Gasteiger partial charge in [-0.15, -0.1) is 0 Å². The lowest BCUT2D eigenvalue weighted by molar-refractivity contribution is 0.134. The van der Waals surface area contributed by atoms with Gasteiger partial charge in [0.05, 0.1) is 0 Å². The molecule has 1 unspecified atom stereocenters. The van der Waals surface area contributed by atoms with Gasteiger partial charge in [0, 0.05) is 44.5 Å². The Morgan fingerprint density at radius 2 is 2.00 bits per heavy atom. The highest BCUT2D eigenvalue weighted by Crippen LogP contribution is 2.31. The minimum Gasteiger partial charge on any atom is -0.396 e. The van der Waals surface area contributed by atoms with E-state index >= 15 is 0 Å². The number of aliphatic hydroxyl groups is 1. The number of urea groups is 1. The third-order valence-corrected chi connectivity index (χ3v) is 5.92. The number of amides is 2. The van der Waals surface area contributed by atoms with Crippen molar-refractivity contribution in [2.75, 3.05) is 31.6 Å². The van der Waals surface area contributed by atoms with Crippen LogP contribution in [0.3, 0.4) is 0 Å². The second-order valence-corrected chi connectivity index (χ2v) is 7.58. The third-order valence-electron chi connectivity index (χ3n) is 5.92. The molecule has 1 aromatic carbocycles. The fourth-order valence-electron chi connectivity index (χ4n) is 4.26. The van der Waals surface area contributed by atoms with Crippen LogP contribution in [0.2, 0.25) is 0 Å². The number of nitrogens with one attached hydrogen (secondary N) is 1. The van der Waals surface area contributed by atoms with Crippen molar-refractivity contribution < 1.29 is 9.90 Å². The van der Waals surface area contributed by atoms with Gasteiger partial charge < -0.3 is 20.2 Å². The van der Waals surface area contributed by atoms with Gasteiger partial charge in [-0.3, -0.25) is 0 Å². The minimum absolute atomic E-state index is 0.0209. The Hall–Kier alpha value is -1.75. The molecule has 2 aliphatic rings. The highest BCUT2D eigenvalue weighted by molar-refractivity contribution is 5.74. The van der Waals surface area contributed by atoms with E-state index in [2.05, 4.69) is 41.4 Å². The number of para-hydroxylation sites is 1. The van der Waals surface area contributed by atoms with Crippen LogP contribution in [0.25, 0.3) is 0 Å². The molecular weight excluding hydrogens is 314 g/mol. The second-order valence-electron chi connectivity index (χ2n) is 7.58. The summed E-state index contributed by atoms with van der Waals surface area (Å²) in [6, 6.07) is 9.35. The molecule has 2 N–H and O–H groups in total. The van der Waals surface area contributed by atoms with Crippen molar-refractivity contribution in [2.24, 2.45) is 5.92 Å². The van der Waals surface area contributed by atoms with Gasteiger partial charge in [-0.2, -0.15) is 0 Å². The van der Waals surface area contributed by atoms with E-state index in [9.17, 15) is 9.90 Å². The maximum absolute atomic E-state index is 12.4. The van der Waals surface area contributed by atoms with Gasteiger partial charge in [-0.05, 0) is 56.6 Å². The molecule has 0 aromatic heterocycles. The van der Waals surface area contributed by atoms with Gasteiger partial charge in [0.25, 0.3) is 0 Å². The Morgan fingerprint density at radius 1 is 1.28 bits per heavy atom. The van der Waals surface area contributed by atoms with E-state index in [1.807, 2.05) is 11.9 Å². The molecule has 1 aliphatic carbocycles. The molecule has 3 rings (SSSR count). The Morgan fingerprint density at radius 3 is 2.72 bits per heavy atom. The van der Waals surface area contributed by atoms with Crippen LogP contribution in [0.15, 0.2) is 24.3 Å². The highest BCUT2D eigenvalue weighted by atomic mass is 16.3. The number of carbonyl (C=O) groups excluding carboxylic acids is 1. The maximum atomic E-state index is 12.4. The Kier molecular flexibility index (Phi) is 5.84. The molecule has 0 bridgehead atoms. The zero-order chi connectivity index (χ0) is 17.8. The van der Waals surface area contributed by atoms with E-state index in [-0.39, 0.29) is 12.6 Å². The fraction of sp³-hybridized carbons (Fsp3) is 0.650. The van der Waals surface area contributed by atoms with Gasteiger partial charge in [-0.1, -0.05) is 18.2 Å². The number of rotatable bonds is 5. The molecule has 0 radical (unpaired) electrons. The average Bonchev–Trinajstić information content (AvgIpc) is 2.96. The Labute approximate surface area is 151 Å². The largest absolute Gasteiger partial charge is 0.396 e. The van der Waals surface area contributed by atoms with Crippen LogP contribution in [0.1, 0.15) is 38.2 Å². The third kappa shape index (κ3) is 4.09. The van der Waals surface area contributed by atoms with Crippen LogP contribution >= 0.6 is 0 Å². The van der Waals surface area contributed by atoms with Crippen LogP contribution < -0.4 is 10.2 Å². The molecule has 5 nitrogen and oxygen atoms in total. The first-order valence-corrected chi connectivity index (χ1v) is 9.56. The zero-order valence-corrected chi connectivity index (χ0v) is 15.4. The molecule has 0 saturated heterocycles. The summed E-state index contributed by atoms with van der Waals surface area (Å²) in [7, 11) is 1.90. The summed E-state index contributed by atoms with van der Waals surface area (Å²) in [6.07, 6.45) is 5.09. The summed E-state index contributed by atoms with van der Waals surface area (Å²) >= 11 is 0. The van der Waals surface area contributed by atoms with Crippen LogP contribution in [0.4, 0.5) is 10.5 Å². The number of nitrogens with zero attached hydrogens (tertiary/aromatic N) is 2. The molecule has 1 aromatic rings. The summed E-state index contributed by atoms with van der Waals surface area (Å²) in [5.74, 6) is 0.421. The van der Waals surface area contributed by atoms with Gasteiger partial charge in [-0.25, -0.2) is 4.79 Å². The maximum Gasteiger partial charge on any atom is 0.317 e. The van der Waals surface area contributed by atoms with Crippen molar-refractivity contribution in [3.8, 4) is 0 Å². The van der Waals surface area contributed by atoms with E-state index in [0.717, 1.165) is 38.6 Å². The first-order valence-electron chi connectivity index (χ1n) is 9.56. The van der Waals surface area contributed by atoms with Crippen LogP contribution in [-0.2, 0) is 6.42 Å². The minimum atomic E-state index is 0.0209. The normalized spacial score (nSPS) is 25.6. The first kappa shape index (κ1) is 18.1. The van der Waals surface area contributed by atoms with Gasteiger partial charge >= 0.3 is 6.03 Å². The topological polar surface area (TPSA) is 55.8 Å². The number of aliphatic hydroxyl groups excluding tert-OH is 1. The van der Waals surface area contributed by atoms with E-state index < -0.39 is 0 Å². The summed E-state index contributed by atoms with van der Waals surface area (Å²) < 4.78 is 0. The molecule has 1 aliphatic heterocycles. The van der Waals surface area contributed by atoms with Crippen molar-refractivity contribution in [2.45, 2.75) is 51.1 Å². The molecule has 1 heterocycles. The number of anilines is 1. The van der Waals surface area contributed by atoms with Crippen molar-refractivity contribution >= 4 is 11.7 Å². The summed E-state index contributed by atoms with van der Waals surface area (Å²) in [5, 5.41) is 12.3. The summed E-state index contributed by atoms with van der Waals surface area (Å²) in [4.78, 5) is 16.7. The van der Waals surface area contributed by atoms with E-state index in [1.165, 1.54) is 11.3 Å². The van der Waals surface area contributed by atoms with Crippen molar-refractivity contribution in [3.05, 3.63) is 29.8 Å². The standard InChI is InChI=1S/C20H31N3O2/c1-15-13-17-5-3-4-6-19(17)23(15)12-11-21-20(25)22(2)18-9-7-16(14-24)8-10-18/h3-6,15-16,18,24H,7-14H2,1-2H3,(H,21,25). The molecule has 1 fully saturated rings. The van der Waals surface area contributed by atoms with Crippen LogP contribution in [-0.4, -0.2) is 54.9 Å². The average molecular weight is 345 g/mol. The highest BCUT2D eigenvalue weighted by Gasteiger charge is 2.27. The Balaban J connectivity index is 1.45. The number of fused-ring (bicyclic) bond motifs is 1. The Bertz CT molecular complexity index is 584. The van der Waals surface area contributed by atoms with Crippen molar-refractivity contribution in [1.82, 2.24) is 10.2 Å². The van der Waals surface area contributed by atoms with E-state index in [1.54, 1.807) is 0 Å². The van der Waals surface area contributed by atoms with Gasteiger partial charge in [0.15, 0.2) is 0 Å². The smallest absolute Gasteiger partial charge is 0.317 e. The monoisotopic (exact) mass is 345 g/mol. The molecule has 2 amide bonds. The van der Waals surface area contributed by atoms with Crippen LogP contribution in [0.5, 0.6) is 0 Å². The number of benzene rings is 1. The number of carbonyl (C=O) groups is 1. The van der Waals surface area contributed by atoms with Gasteiger partial charge in [0.2, 0.25) is 0 Å². The molecule has 0 spiro atoms. The van der Waals surface area contributed by atoms with E-state index in [4.69, 9.17) is 0 Å². The quantitative estimate of drug-likeness (QED) is 0.862. The lowest BCUT2D eigenvalue weighted by Crippen LogP contribution is -2.47. The predicted molar refractivity (Wildman–Crippen MR) is 101 cm³/mol. The van der Waals surface area contributed by atoms with Crippen LogP contribution in [0, 0.1) is 5.92 Å². The lowest BCUT2D eigenvalue weighted by atomic mass is 9.86. The molecule has 1 atom stereocenters. The number of hydrogen-bond donors (Lipinski definition) is 2. The fourth-order valence-corrected chi connectivity index (χ4v) is 4.26. The molecule has 138 valence electrons. The van der Waals surface area contributed by atoms with Gasteiger partial charge in [0.1, 0.15) is 0 Å². The van der Waals surface area contributed by atoms with Crippen molar-refractivity contribution in [1.29, 1.82) is 0 Å². The molecular formula is C20H31N3O2. The number of hydrogen-bond acceptors (Lipinski definition) is 3.